The lowest BCUT2D eigenvalue weighted by atomic mass is 10.1. The Balaban J connectivity index is 2.31. The molecule has 0 saturated heterocycles. The SMILES string of the molecule is CCCCNC(=O)c1ccccc1NC(=O)CN(c1cc(C)ccc1C)S(=O)(=O)N(C)C. The number of carbonyl (C=O) groups is 2. The van der Waals surface area contributed by atoms with Crippen LogP contribution in [0.3, 0.4) is 0 Å². The van der Waals surface area contributed by atoms with Gasteiger partial charge in [-0.3, -0.25) is 9.59 Å². The number of unbranched alkanes of at least 4 members (excludes halogenated alkanes) is 1. The minimum atomic E-state index is -3.93. The summed E-state index contributed by atoms with van der Waals surface area (Å²) in [5.41, 5.74) is 2.68. The highest BCUT2D eigenvalue weighted by molar-refractivity contribution is 7.90. The van der Waals surface area contributed by atoms with Crippen LogP contribution >= 0.6 is 0 Å². The number of amides is 2. The van der Waals surface area contributed by atoms with E-state index in [2.05, 4.69) is 10.6 Å². The first kappa shape index (κ1) is 25.4. The molecule has 0 atom stereocenters. The van der Waals surface area contributed by atoms with E-state index in [0.29, 0.717) is 23.5 Å². The summed E-state index contributed by atoms with van der Waals surface area (Å²) in [5.74, 6) is -0.841. The summed E-state index contributed by atoms with van der Waals surface area (Å²) in [6.07, 6.45) is 1.81. The van der Waals surface area contributed by atoms with E-state index in [1.165, 1.54) is 14.1 Å². The van der Waals surface area contributed by atoms with Gasteiger partial charge >= 0.3 is 10.2 Å². The Kier molecular flexibility index (Phi) is 8.80. The third kappa shape index (κ3) is 6.30. The van der Waals surface area contributed by atoms with Gasteiger partial charge in [-0.05, 0) is 49.6 Å². The van der Waals surface area contributed by atoms with Gasteiger partial charge in [0.1, 0.15) is 6.54 Å². The largest absolute Gasteiger partial charge is 0.352 e. The molecule has 32 heavy (non-hydrogen) atoms. The minimum Gasteiger partial charge on any atom is -0.352 e. The van der Waals surface area contributed by atoms with E-state index in [1.807, 2.05) is 26.0 Å². The van der Waals surface area contributed by atoms with Crippen molar-refractivity contribution >= 4 is 33.4 Å². The van der Waals surface area contributed by atoms with E-state index in [0.717, 1.165) is 32.6 Å². The number of nitrogens with one attached hydrogen (secondary N) is 2. The van der Waals surface area contributed by atoms with Crippen LogP contribution in [-0.2, 0) is 15.0 Å². The second-order valence-corrected chi connectivity index (χ2v) is 9.86. The first-order chi connectivity index (χ1) is 15.1. The number of para-hydroxylation sites is 1. The topological polar surface area (TPSA) is 98.8 Å². The van der Waals surface area contributed by atoms with Crippen LogP contribution in [-0.4, -0.2) is 51.7 Å². The zero-order chi connectivity index (χ0) is 23.9. The molecule has 174 valence electrons. The summed E-state index contributed by atoms with van der Waals surface area (Å²) < 4.78 is 28.2. The van der Waals surface area contributed by atoms with Gasteiger partial charge < -0.3 is 10.6 Å². The molecule has 2 aromatic rings. The van der Waals surface area contributed by atoms with Crippen LogP contribution in [0.1, 0.15) is 41.3 Å². The monoisotopic (exact) mass is 460 g/mol. The van der Waals surface area contributed by atoms with Gasteiger partial charge in [0.05, 0.1) is 16.9 Å². The van der Waals surface area contributed by atoms with Crippen LogP contribution in [0, 0.1) is 13.8 Å². The van der Waals surface area contributed by atoms with Crippen LogP contribution in [0.4, 0.5) is 11.4 Å². The Morgan fingerprint density at radius 3 is 2.38 bits per heavy atom. The Morgan fingerprint density at radius 1 is 1.03 bits per heavy atom. The molecule has 2 N–H and O–H groups in total. The first-order valence-electron chi connectivity index (χ1n) is 10.5. The van der Waals surface area contributed by atoms with E-state index in [1.54, 1.807) is 37.3 Å². The van der Waals surface area contributed by atoms with E-state index in [-0.39, 0.29) is 5.91 Å². The van der Waals surface area contributed by atoms with Crippen LogP contribution in [0.15, 0.2) is 42.5 Å². The average Bonchev–Trinajstić information content (AvgIpc) is 2.74. The fourth-order valence-corrected chi connectivity index (χ4v) is 4.18. The highest BCUT2D eigenvalue weighted by Gasteiger charge is 2.29. The van der Waals surface area contributed by atoms with Crippen molar-refractivity contribution < 1.29 is 18.0 Å². The Labute approximate surface area is 190 Å². The molecule has 0 bridgehead atoms. The Bertz CT molecular complexity index is 1070. The number of hydrogen-bond donors (Lipinski definition) is 2. The molecule has 2 rings (SSSR count). The number of anilines is 2. The van der Waals surface area contributed by atoms with Gasteiger partial charge in [0.15, 0.2) is 0 Å². The van der Waals surface area contributed by atoms with E-state index >= 15 is 0 Å². The third-order valence-corrected chi connectivity index (χ3v) is 6.73. The highest BCUT2D eigenvalue weighted by Crippen LogP contribution is 2.25. The van der Waals surface area contributed by atoms with Crippen LogP contribution in [0.25, 0.3) is 0 Å². The molecule has 0 aliphatic carbocycles. The highest BCUT2D eigenvalue weighted by atomic mass is 32.2. The smallest absolute Gasteiger partial charge is 0.304 e. The van der Waals surface area contributed by atoms with Gasteiger partial charge in [0.2, 0.25) is 5.91 Å². The molecule has 9 heteroatoms. The van der Waals surface area contributed by atoms with E-state index in [9.17, 15) is 18.0 Å². The molecule has 0 fully saturated rings. The van der Waals surface area contributed by atoms with Gasteiger partial charge in [0, 0.05) is 20.6 Å². The van der Waals surface area contributed by atoms with Gasteiger partial charge in [-0.2, -0.15) is 12.7 Å². The molecule has 0 aliphatic heterocycles. The summed E-state index contributed by atoms with van der Waals surface area (Å²) in [4.78, 5) is 25.5. The zero-order valence-electron chi connectivity index (χ0n) is 19.3. The summed E-state index contributed by atoms with van der Waals surface area (Å²) in [6.45, 7) is 5.79. The van der Waals surface area contributed by atoms with Gasteiger partial charge in [0.25, 0.3) is 5.91 Å². The maximum Gasteiger partial charge on any atom is 0.304 e. The number of rotatable bonds is 10. The van der Waals surface area contributed by atoms with Crippen molar-refractivity contribution in [3.63, 3.8) is 0 Å². The van der Waals surface area contributed by atoms with Gasteiger partial charge in [-0.25, -0.2) is 4.31 Å². The van der Waals surface area contributed by atoms with Crippen molar-refractivity contribution in [2.24, 2.45) is 0 Å². The summed E-state index contributed by atoms with van der Waals surface area (Å²) in [7, 11) is -1.10. The second kappa shape index (κ2) is 11.1. The standard InChI is InChI=1S/C23H32N4O4S/c1-6-7-14-24-23(29)19-10-8-9-11-20(19)25-22(28)16-27(32(30,31)26(4)5)21-15-17(2)12-13-18(21)3/h8-13,15H,6-7,14,16H2,1-5H3,(H,24,29)(H,25,28). The summed E-state index contributed by atoms with van der Waals surface area (Å²) in [5, 5.41) is 5.53. The zero-order valence-corrected chi connectivity index (χ0v) is 20.1. The maximum atomic E-state index is 13.0. The molecule has 0 aromatic heterocycles. The fraction of sp³-hybridized carbons (Fsp3) is 0.391. The lowest BCUT2D eigenvalue weighted by molar-refractivity contribution is -0.114. The molecular weight excluding hydrogens is 428 g/mol. The van der Waals surface area contributed by atoms with Crippen LogP contribution in [0.2, 0.25) is 0 Å². The predicted molar refractivity (Wildman–Crippen MR) is 128 cm³/mol. The van der Waals surface area contributed by atoms with Gasteiger partial charge in [-0.15, -0.1) is 0 Å². The number of nitrogens with zero attached hydrogens (tertiary/aromatic N) is 2. The Hall–Kier alpha value is -2.91. The minimum absolute atomic E-state index is 0.290. The molecule has 8 nitrogen and oxygen atoms in total. The lowest BCUT2D eigenvalue weighted by Gasteiger charge is -2.28. The van der Waals surface area contributed by atoms with Crippen molar-refractivity contribution in [2.75, 3.05) is 36.8 Å². The van der Waals surface area contributed by atoms with Crippen molar-refractivity contribution in [3.05, 3.63) is 59.2 Å². The molecule has 0 aliphatic rings. The molecule has 0 spiro atoms. The molecule has 0 saturated carbocycles. The van der Waals surface area contributed by atoms with Crippen molar-refractivity contribution in [1.82, 2.24) is 9.62 Å². The number of benzene rings is 2. The van der Waals surface area contributed by atoms with E-state index < -0.39 is 22.7 Å². The van der Waals surface area contributed by atoms with Crippen molar-refractivity contribution in [2.45, 2.75) is 33.6 Å². The summed E-state index contributed by atoms with van der Waals surface area (Å²) in [6, 6.07) is 12.1. The fourth-order valence-electron chi connectivity index (χ4n) is 3.06. The molecule has 2 aromatic carbocycles. The van der Waals surface area contributed by atoms with Crippen LogP contribution < -0.4 is 14.9 Å². The van der Waals surface area contributed by atoms with Crippen LogP contribution in [0.5, 0.6) is 0 Å². The maximum absolute atomic E-state index is 13.0. The molecule has 0 radical (unpaired) electrons. The number of hydrogen-bond acceptors (Lipinski definition) is 4. The average molecular weight is 461 g/mol. The van der Waals surface area contributed by atoms with Crippen molar-refractivity contribution in [1.29, 1.82) is 0 Å². The van der Waals surface area contributed by atoms with Gasteiger partial charge in [-0.1, -0.05) is 37.6 Å². The first-order valence-corrected chi connectivity index (χ1v) is 11.9. The predicted octanol–water partition coefficient (Wildman–Crippen LogP) is 3.08. The lowest BCUT2D eigenvalue weighted by Crippen LogP contribution is -2.44. The normalized spacial score (nSPS) is 11.3. The number of aryl methyl sites for hydroxylation is 2. The molecular formula is C23H32N4O4S. The van der Waals surface area contributed by atoms with E-state index in [4.69, 9.17) is 0 Å². The Morgan fingerprint density at radius 2 is 1.72 bits per heavy atom. The molecule has 2 amide bonds. The number of carbonyl (C=O) groups excluding carboxylic acids is 2. The quantitative estimate of drug-likeness (QED) is 0.532. The summed E-state index contributed by atoms with van der Waals surface area (Å²) >= 11 is 0. The molecule has 0 heterocycles. The second-order valence-electron chi connectivity index (χ2n) is 7.79. The van der Waals surface area contributed by atoms with Crippen molar-refractivity contribution in [3.8, 4) is 0 Å². The third-order valence-electron chi connectivity index (χ3n) is 4.92. The molecule has 0 unspecified atom stereocenters.